The second-order valence-electron chi connectivity index (χ2n) is 30.9. The van der Waals surface area contributed by atoms with Crippen LogP contribution in [0.4, 0.5) is 29.0 Å². The van der Waals surface area contributed by atoms with Crippen LogP contribution in [-0.2, 0) is 4.79 Å². The van der Waals surface area contributed by atoms with E-state index in [0.29, 0.717) is 134 Å². The lowest BCUT2D eigenvalue weighted by molar-refractivity contribution is -0.132. The topological polar surface area (TPSA) is 620 Å². The molecule has 0 aromatic carbocycles. The number of pyridine rings is 1. The lowest BCUT2D eigenvalue weighted by Crippen LogP contribution is -2.41. The summed E-state index contributed by atoms with van der Waals surface area (Å²) in [6.07, 6.45) is 3.26. The summed E-state index contributed by atoms with van der Waals surface area (Å²) >= 11 is 0. The first-order valence-electron chi connectivity index (χ1n) is 35.8. The standard InChI is InChI=1S/C14H18N6O3.2C14H19N5O3.C13H17N5O3.C13H16N4O3/c1-5-18-11(15)7-12(19-5)20(4-17-7)8-6-3-14(6,13(23)16-2)10(22)9(8)21;2*1-6-17-12(15-2)8-13(18-6)19(5-16-8)9-7-3-14(7,4-20)11(22)10(9)21;1-5-16-11(14)7-12(17-5)18(4-15-7)8-6-2-13(6,3-19)10(21)9(8)20;14-7-1-2-15-12-8(7)16-5-17(12)9-6-3-13(6,4-18)11(20)10(9)19/h4,6,8-10,21-22H,3H2,1-2H3,(H,16,23)(H2,15,18,19);2*5,7,9-11,20-22H,3-4H2,1-2H3,(H,15,17,18);4,6,8-10,19-21H,2-3H2,1H3,(H2,14,16,17);1-2,5-6,9-11,18-20H,3-4H2,(H2,14,15)/t6-,8-,9?,10-,14+;2*7-,9-,10?,11-,14+;6-,8-,9?,10-,13+;6-,9-,10?,11-,13+/m11111/s1. The minimum Gasteiger partial charge on any atom is -0.397 e. The van der Waals surface area contributed by atoms with E-state index in [0.717, 1.165) is 0 Å². The van der Waals surface area contributed by atoms with Crippen LogP contribution in [-0.4, -0.2) is 279 Å². The number of carbonyl (C=O) groups excluding carboxylic acids is 1. The predicted molar refractivity (Wildman–Crippen MR) is 380 cm³/mol. The Morgan fingerprint density at radius 2 is 0.694 bits per heavy atom. The SMILES string of the molecule is CNC(=O)[C@@]12C[C@@H]1[C@@H](n1cnc3c(N)nc(C)nc31)C(O)[C@H]2O.CNc1nc(C)nc2c1ncn2[C@H]1C(O)[C@@H](O)[C@]2(CO)C[C@H]12.CNc1nc(C)nc2c1ncn2[C@H]1C(O)[C@@H](O)[C@]2(CO)C[C@H]12.Cc1nc(N)c2ncn([C@H]3C(O)[C@@H](O)[C@]4(CO)C[C@H]34)c2n1.Nc1ccnc2c1ncn2[C@H]1C(O)[C@@H](O)[C@]2(CO)C[C@H]12. The van der Waals surface area contributed by atoms with Crippen molar-refractivity contribution in [1.82, 2.24) is 97.9 Å². The van der Waals surface area contributed by atoms with Crippen molar-refractivity contribution in [1.29, 1.82) is 0 Å². The quantitative estimate of drug-likeness (QED) is 0.0553. The fourth-order valence-corrected chi connectivity index (χ4v) is 19.5. The van der Waals surface area contributed by atoms with Gasteiger partial charge in [-0.15, -0.1) is 0 Å². The molecule has 0 radical (unpaired) electrons. The van der Waals surface area contributed by atoms with Crippen LogP contribution in [0.15, 0.2) is 43.9 Å². The molecular formula is C68H89N25O15. The summed E-state index contributed by atoms with van der Waals surface area (Å²) in [5.74, 6) is 3.80. The molecule has 10 fully saturated rings. The van der Waals surface area contributed by atoms with E-state index >= 15 is 0 Å². The second-order valence-corrected chi connectivity index (χ2v) is 30.9. The molecule has 23 N–H and O–H groups in total. The number of nitrogens with two attached hydrogens (primary N) is 3. The molecule has 10 aromatic rings. The number of nitrogens with zero attached hydrogens (tertiary/aromatic N) is 19. The number of amides is 1. The van der Waals surface area contributed by atoms with E-state index in [1.807, 2.05) is 9.13 Å². The number of carbonyl (C=O) groups is 1. The molecule has 10 saturated carbocycles. The molecule has 1 amide bonds. The third kappa shape index (κ3) is 10.3. The van der Waals surface area contributed by atoms with Crippen molar-refractivity contribution < 1.29 is 76.3 Å². The zero-order valence-electron chi connectivity index (χ0n) is 59.9. The van der Waals surface area contributed by atoms with Gasteiger partial charge in [-0.2, -0.15) is 0 Å². The van der Waals surface area contributed by atoms with E-state index in [4.69, 9.17) is 17.2 Å². The third-order valence-electron chi connectivity index (χ3n) is 25.7. The van der Waals surface area contributed by atoms with Crippen molar-refractivity contribution in [3.8, 4) is 0 Å². The minimum absolute atomic E-state index is 0.0152. The van der Waals surface area contributed by atoms with Gasteiger partial charge in [0.05, 0.1) is 130 Å². The molecule has 10 aliphatic rings. The van der Waals surface area contributed by atoms with E-state index in [2.05, 4.69) is 85.7 Å². The molecule has 10 aromatic heterocycles. The number of aromatic nitrogens is 19. The van der Waals surface area contributed by atoms with Gasteiger partial charge in [-0.3, -0.25) is 4.79 Å². The number of anilines is 5. The van der Waals surface area contributed by atoms with Gasteiger partial charge in [0.2, 0.25) is 5.91 Å². The van der Waals surface area contributed by atoms with Gasteiger partial charge in [-0.1, -0.05) is 0 Å². The van der Waals surface area contributed by atoms with Gasteiger partial charge in [-0.05, 0) is 89.5 Å². The summed E-state index contributed by atoms with van der Waals surface area (Å²) in [4.78, 5) is 72.2. The van der Waals surface area contributed by atoms with Crippen LogP contribution in [0.1, 0.15) is 85.6 Å². The van der Waals surface area contributed by atoms with Crippen LogP contribution in [0.2, 0.25) is 0 Å². The molecule has 10 aliphatic carbocycles. The highest BCUT2D eigenvalue weighted by Gasteiger charge is 2.77. The molecule has 25 atom stereocenters. The van der Waals surface area contributed by atoms with Gasteiger partial charge >= 0.3 is 0 Å². The molecule has 40 heteroatoms. The van der Waals surface area contributed by atoms with Crippen LogP contribution >= 0.6 is 0 Å². The Morgan fingerprint density at radius 3 is 1.02 bits per heavy atom. The Balaban J connectivity index is 0.000000103. The number of nitrogen functional groups attached to an aromatic ring is 3. The van der Waals surface area contributed by atoms with Crippen LogP contribution in [0.25, 0.3) is 55.8 Å². The van der Waals surface area contributed by atoms with Crippen molar-refractivity contribution in [3.63, 3.8) is 0 Å². The molecule has 40 nitrogen and oxygen atoms in total. The normalized spacial score (nSPS) is 37.0. The fraction of sp³-hybridized carbons (Fsp3) is 0.603. The zero-order valence-corrected chi connectivity index (χ0v) is 59.9. The van der Waals surface area contributed by atoms with E-state index in [1.54, 1.807) is 93.1 Å². The number of rotatable bonds is 12. The molecule has 0 saturated heterocycles. The zero-order chi connectivity index (χ0) is 76.8. The molecule has 5 unspecified atom stereocenters. The summed E-state index contributed by atoms with van der Waals surface area (Å²) in [7, 11) is 5.07. The third-order valence-corrected chi connectivity index (χ3v) is 25.7. The number of aliphatic hydroxyl groups excluding tert-OH is 14. The second kappa shape index (κ2) is 25.7. The van der Waals surface area contributed by atoms with Gasteiger partial charge in [0.1, 0.15) is 81.4 Å². The Bertz CT molecular complexity index is 5070. The lowest BCUT2D eigenvalue weighted by Gasteiger charge is -2.23. The van der Waals surface area contributed by atoms with Crippen LogP contribution in [0.3, 0.4) is 0 Å². The molecule has 0 bridgehead atoms. The van der Waals surface area contributed by atoms with Crippen LogP contribution in [0.5, 0.6) is 0 Å². The van der Waals surface area contributed by atoms with Gasteiger partial charge in [-0.25, -0.2) is 69.8 Å². The molecular weight excluding hydrogens is 1410 g/mol. The van der Waals surface area contributed by atoms with E-state index in [1.165, 1.54) is 13.4 Å². The number of imidazole rings is 5. The Hall–Kier alpha value is -9.27. The lowest BCUT2D eigenvalue weighted by atomic mass is 9.98. The maximum atomic E-state index is 12.2. The van der Waals surface area contributed by atoms with Gasteiger partial charge in [0, 0.05) is 54.9 Å². The summed E-state index contributed by atoms with van der Waals surface area (Å²) in [6, 6.07) is -0.130. The van der Waals surface area contributed by atoms with Crippen molar-refractivity contribution in [2.24, 2.45) is 56.7 Å². The Morgan fingerprint density at radius 1 is 0.398 bits per heavy atom. The predicted octanol–water partition coefficient (Wildman–Crippen LogP) is -4.07. The maximum Gasteiger partial charge on any atom is 0.229 e. The Kier molecular flexibility index (Phi) is 17.3. The fourth-order valence-electron chi connectivity index (χ4n) is 19.5. The van der Waals surface area contributed by atoms with E-state index in [-0.39, 0.29) is 91.9 Å². The van der Waals surface area contributed by atoms with Crippen molar-refractivity contribution in [3.05, 3.63) is 67.2 Å². The number of aryl methyl sites for hydroxylation is 4. The van der Waals surface area contributed by atoms with Crippen LogP contribution in [0, 0.1) is 84.4 Å². The molecule has 10 heterocycles. The van der Waals surface area contributed by atoms with E-state index < -0.39 is 94.2 Å². The highest BCUT2D eigenvalue weighted by molar-refractivity contribution is 5.89. The number of aliphatic hydroxyl groups is 14. The largest absolute Gasteiger partial charge is 0.397 e. The minimum atomic E-state index is -1.12. The number of hydrogen-bond donors (Lipinski definition) is 20. The van der Waals surface area contributed by atoms with E-state index in [9.17, 15) is 76.3 Å². The molecule has 576 valence electrons. The molecule has 0 aliphatic heterocycles. The summed E-state index contributed by atoms with van der Waals surface area (Å²) < 4.78 is 8.86. The van der Waals surface area contributed by atoms with Gasteiger partial charge in [0.25, 0.3) is 0 Å². The average molecular weight is 1500 g/mol. The number of fused-ring (bicyclic) bond motifs is 10. The highest BCUT2D eigenvalue weighted by Crippen LogP contribution is 2.71. The van der Waals surface area contributed by atoms with Crippen molar-refractivity contribution >= 4 is 90.7 Å². The first kappa shape index (κ1) is 72.9. The number of nitrogens with one attached hydrogen (secondary N) is 3. The maximum absolute atomic E-state index is 12.2. The summed E-state index contributed by atoms with van der Waals surface area (Å²) in [5, 5.41) is 150. The van der Waals surface area contributed by atoms with Crippen molar-refractivity contribution in [2.45, 2.75) is 151 Å². The smallest absolute Gasteiger partial charge is 0.229 e. The molecule has 108 heavy (non-hydrogen) atoms. The first-order valence-corrected chi connectivity index (χ1v) is 35.8. The van der Waals surface area contributed by atoms with Gasteiger partial charge < -0.3 is 127 Å². The monoisotopic (exact) mass is 1500 g/mol. The summed E-state index contributed by atoms with van der Waals surface area (Å²) in [5.41, 5.74) is 20.6. The summed E-state index contributed by atoms with van der Waals surface area (Å²) in [6.45, 7) is 6.58. The Labute approximate surface area is 612 Å². The van der Waals surface area contributed by atoms with Crippen LogP contribution < -0.4 is 33.2 Å². The number of hydrogen-bond acceptors (Lipinski definition) is 34. The molecule has 0 spiro atoms. The first-order chi connectivity index (χ1) is 51.6. The average Bonchev–Trinajstić information content (AvgIpc) is 1.55. The van der Waals surface area contributed by atoms with Gasteiger partial charge in [0.15, 0.2) is 51.5 Å². The molecule has 20 rings (SSSR count). The van der Waals surface area contributed by atoms with Crippen molar-refractivity contribution in [2.75, 3.05) is 75.4 Å². The highest BCUT2D eigenvalue weighted by atomic mass is 16.4.